The van der Waals surface area contributed by atoms with Crippen LogP contribution in [0.1, 0.15) is 13.8 Å². The van der Waals surface area contributed by atoms with Crippen LogP contribution >= 0.6 is 12.4 Å². The van der Waals surface area contributed by atoms with Crippen LogP contribution in [0.15, 0.2) is 0 Å². The molecule has 3 N–H and O–H groups in total. The van der Waals surface area contributed by atoms with Crippen molar-refractivity contribution in [3.8, 4) is 0 Å². The summed E-state index contributed by atoms with van der Waals surface area (Å²) in [6, 6.07) is -0.372. The summed E-state index contributed by atoms with van der Waals surface area (Å²) in [5.41, 5.74) is 0. The van der Waals surface area contributed by atoms with Crippen LogP contribution in [0.3, 0.4) is 0 Å². The number of morpholine rings is 1. The topological polar surface area (TPSA) is 79.5 Å². The number of ether oxygens (including phenoxy) is 1. The number of carbonyl (C=O) groups excluding carboxylic acids is 2. The highest BCUT2D eigenvalue weighted by Crippen LogP contribution is 2.03. The van der Waals surface area contributed by atoms with E-state index < -0.39 is 0 Å². The fourth-order valence-electron chi connectivity index (χ4n) is 1.56. The molecule has 1 aliphatic heterocycles. The quantitative estimate of drug-likeness (QED) is 0.612. The van der Waals surface area contributed by atoms with E-state index in [0.717, 1.165) is 0 Å². The molecule has 0 aromatic carbocycles. The molecule has 6 nitrogen and oxygen atoms in total. The summed E-state index contributed by atoms with van der Waals surface area (Å²) in [5, 5.41) is 8.24. The van der Waals surface area contributed by atoms with Gasteiger partial charge in [-0.2, -0.15) is 0 Å². The van der Waals surface area contributed by atoms with Crippen LogP contribution in [0, 0.1) is 0 Å². The van der Waals surface area contributed by atoms with Crippen molar-refractivity contribution in [1.82, 2.24) is 16.0 Å². The average Bonchev–Trinajstić information content (AvgIpc) is 2.27. The van der Waals surface area contributed by atoms with E-state index in [0.29, 0.717) is 19.7 Å². The van der Waals surface area contributed by atoms with Gasteiger partial charge in [-0.05, 0) is 13.8 Å². The molecule has 1 fully saturated rings. The highest BCUT2D eigenvalue weighted by Gasteiger charge is 2.28. The fraction of sp³-hybridized carbons (Fsp3) is 0.800. The molecule has 0 aromatic rings. The Labute approximate surface area is 107 Å². The first-order valence-electron chi connectivity index (χ1n) is 5.54. The Morgan fingerprint density at radius 2 is 2.12 bits per heavy atom. The molecular formula is C10H20ClN3O3. The Balaban J connectivity index is 0.00000256. The summed E-state index contributed by atoms with van der Waals surface area (Å²) in [7, 11) is 0. The molecular weight excluding hydrogens is 246 g/mol. The Bertz CT molecular complexity index is 263. The van der Waals surface area contributed by atoms with Gasteiger partial charge in [0, 0.05) is 13.1 Å². The number of hydrogen-bond donors (Lipinski definition) is 3. The van der Waals surface area contributed by atoms with E-state index in [9.17, 15) is 9.59 Å². The number of rotatable bonds is 4. The predicted octanol–water partition coefficient (Wildman–Crippen LogP) is -0.963. The van der Waals surface area contributed by atoms with E-state index in [2.05, 4.69) is 16.0 Å². The van der Waals surface area contributed by atoms with Crippen molar-refractivity contribution in [2.45, 2.75) is 26.0 Å². The maximum Gasteiger partial charge on any atom is 0.240 e. The minimum absolute atomic E-state index is 0. The van der Waals surface area contributed by atoms with Crippen molar-refractivity contribution in [3.63, 3.8) is 0 Å². The SMILES string of the molecule is CCNC(=O)CNC(=O)[C@H]1NCCO[C@@H]1C.Cl. The lowest BCUT2D eigenvalue weighted by molar-refractivity contribution is -0.131. The highest BCUT2D eigenvalue weighted by molar-refractivity contribution is 5.87. The predicted molar refractivity (Wildman–Crippen MR) is 66.1 cm³/mol. The Kier molecular flexibility index (Phi) is 7.86. The van der Waals surface area contributed by atoms with Gasteiger partial charge in [0.05, 0.1) is 19.3 Å². The smallest absolute Gasteiger partial charge is 0.240 e. The van der Waals surface area contributed by atoms with Crippen molar-refractivity contribution in [2.24, 2.45) is 0 Å². The summed E-state index contributed by atoms with van der Waals surface area (Å²) in [6.45, 7) is 5.51. The molecule has 0 unspecified atom stereocenters. The number of amides is 2. The number of halogens is 1. The number of hydrogen-bond acceptors (Lipinski definition) is 4. The molecule has 1 heterocycles. The molecule has 17 heavy (non-hydrogen) atoms. The molecule has 0 bridgehead atoms. The van der Waals surface area contributed by atoms with Gasteiger partial charge in [-0.3, -0.25) is 9.59 Å². The molecule has 2 amide bonds. The lowest BCUT2D eigenvalue weighted by Gasteiger charge is -2.29. The number of likely N-dealkylation sites (N-methyl/N-ethyl adjacent to an activating group) is 1. The van der Waals surface area contributed by atoms with Crippen molar-refractivity contribution >= 4 is 24.2 Å². The van der Waals surface area contributed by atoms with Crippen molar-refractivity contribution < 1.29 is 14.3 Å². The van der Waals surface area contributed by atoms with Gasteiger partial charge < -0.3 is 20.7 Å². The Hall–Kier alpha value is -0.850. The molecule has 0 spiro atoms. The minimum atomic E-state index is -0.372. The zero-order valence-electron chi connectivity index (χ0n) is 10.1. The second kappa shape index (κ2) is 8.27. The van der Waals surface area contributed by atoms with Crippen LogP contribution in [0.5, 0.6) is 0 Å². The maximum atomic E-state index is 11.7. The van der Waals surface area contributed by atoms with E-state index in [1.54, 1.807) is 0 Å². The molecule has 100 valence electrons. The van der Waals surface area contributed by atoms with Crippen LogP contribution in [0.2, 0.25) is 0 Å². The molecule has 0 radical (unpaired) electrons. The average molecular weight is 266 g/mol. The van der Waals surface area contributed by atoms with Crippen molar-refractivity contribution in [1.29, 1.82) is 0 Å². The van der Waals surface area contributed by atoms with Gasteiger partial charge in [0.25, 0.3) is 0 Å². The Morgan fingerprint density at radius 1 is 1.41 bits per heavy atom. The number of carbonyl (C=O) groups is 2. The molecule has 2 atom stereocenters. The summed E-state index contributed by atoms with van der Waals surface area (Å²) in [4.78, 5) is 22.8. The fourth-order valence-corrected chi connectivity index (χ4v) is 1.56. The van der Waals surface area contributed by atoms with Crippen molar-refractivity contribution in [3.05, 3.63) is 0 Å². The third-order valence-electron chi connectivity index (χ3n) is 2.40. The van der Waals surface area contributed by atoms with E-state index in [1.165, 1.54) is 0 Å². The molecule has 1 rings (SSSR count). The van der Waals surface area contributed by atoms with E-state index in [4.69, 9.17) is 4.74 Å². The summed E-state index contributed by atoms with van der Waals surface area (Å²) >= 11 is 0. The molecule has 1 saturated heterocycles. The third kappa shape index (κ3) is 5.34. The lowest BCUT2D eigenvalue weighted by Crippen LogP contribution is -2.56. The first kappa shape index (κ1) is 16.1. The van der Waals surface area contributed by atoms with Crippen LogP contribution in [-0.2, 0) is 14.3 Å². The third-order valence-corrected chi connectivity index (χ3v) is 2.40. The normalized spacial score (nSPS) is 23.4. The molecule has 0 aliphatic carbocycles. The van der Waals surface area contributed by atoms with Gasteiger partial charge in [0.2, 0.25) is 11.8 Å². The second-order valence-electron chi connectivity index (χ2n) is 3.68. The van der Waals surface area contributed by atoms with Gasteiger partial charge in [0.1, 0.15) is 6.04 Å². The zero-order valence-corrected chi connectivity index (χ0v) is 10.9. The minimum Gasteiger partial charge on any atom is -0.375 e. The van der Waals surface area contributed by atoms with Crippen molar-refractivity contribution in [2.75, 3.05) is 26.2 Å². The lowest BCUT2D eigenvalue weighted by atomic mass is 10.1. The first-order chi connectivity index (χ1) is 7.65. The molecule has 7 heteroatoms. The standard InChI is InChI=1S/C10H19N3O3.ClH/c1-3-11-8(14)6-13-10(15)9-7(2)16-5-4-12-9;/h7,9,12H,3-6H2,1-2H3,(H,11,14)(H,13,15);1H/t7-,9+;/m1./s1. The number of nitrogens with one attached hydrogen (secondary N) is 3. The first-order valence-corrected chi connectivity index (χ1v) is 5.54. The highest BCUT2D eigenvalue weighted by atomic mass is 35.5. The maximum absolute atomic E-state index is 11.7. The van der Waals surface area contributed by atoms with Gasteiger partial charge in [0.15, 0.2) is 0 Å². The van der Waals surface area contributed by atoms with Crippen LogP contribution in [0.4, 0.5) is 0 Å². The summed E-state index contributed by atoms with van der Waals surface area (Å²) in [5.74, 6) is -0.376. The second-order valence-corrected chi connectivity index (χ2v) is 3.68. The monoisotopic (exact) mass is 265 g/mol. The van der Waals surface area contributed by atoms with Crippen LogP contribution in [0.25, 0.3) is 0 Å². The van der Waals surface area contributed by atoms with E-state index in [-0.39, 0.29) is 42.9 Å². The van der Waals surface area contributed by atoms with Gasteiger partial charge in [-0.1, -0.05) is 0 Å². The Morgan fingerprint density at radius 3 is 2.71 bits per heavy atom. The van der Waals surface area contributed by atoms with Gasteiger partial charge >= 0.3 is 0 Å². The van der Waals surface area contributed by atoms with Gasteiger partial charge in [-0.25, -0.2) is 0 Å². The zero-order chi connectivity index (χ0) is 12.0. The van der Waals surface area contributed by atoms with Crippen LogP contribution < -0.4 is 16.0 Å². The summed E-state index contributed by atoms with van der Waals surface area (Å²) in [6.07, 6.45) is -0.164. The molecule has 0 aromatic heterocycles. The molecule has 1 aliphatic rings. The van der Waals surface area contributed by atoms with Crippen LogP contribution in [-0.4, -0.2) is 50.2 Å². The van der Waals surface area contributed by atoms with Gasteiger partial charge in [-0.15, -0.1) is 12.4 Å². The summed E-state index contributed by atoms with van der Waals surface area (Å²) < 4.78 is 5.34. The van der Waals surface area contributed by atoms with E-state index >= 15 is 0 Å². The largest absolute Gasteiger partial charge is 0.375 e. The molecule has 0 saturated carbocycles. The van der Waals surface area contributed by atoms with E-state index in [1.807, 2.05) is 13.8 Å².